The first kappa shape index (κ1) is 16.9. The molecule has 2 aliphatic rings. The standard InChI is InChI=1S/C17H23F2N3O2/c1-17(2,3)24-16(23)22-11-5-6-13(22)12(8-11)21-14-7-4-10(9-20-14)15(18)19/h4,7,9,11-13,15H,5-6,8H2,1-3H3,(H,20,21). The molecule has 1 aromatic heterocycles. The summed E-state index contributed by atoms with van der Waals surface area (Å²) >= 11 is 0. The first-order chi connectivity index (χ1) is 11.2. The van der Waals surface area contributed by atoms with Gasteiger partial charge in [0.25, 0.3) is 6.43 Å². The quantitative estimate of drug-likeness (QED) is 0.905. The fourth-order valence-corrected chi connectivity index (χ4v) is 3.55. The highest BCUT2D eigenvalue weighted by Gasteiger charge is 2.50. The van der Waals surface area contributed by atoms with Crippen molar-refractivity contribution in [1.29, 1.82) is 0 Å². The van der Waals surface area contributed by atoms with Crippen LogP contribution in [0.1, 0.15) is 52.0 Å². The van der Waals surface area contributed by atoms with Gasteiger partial charge < -0.3 is 15.0 Å². The SMILES string of the molecule is CC(C)(C)OC(=O)N1C2CCC1C(Nc1ccc(C(F)F)cn1)C2. The molecule has 2 aliphatic heterocycles. The molecule has 2 bridgehead atoms. The van der Waals surface area contributed by atoms with Crippen LogP contribution >= 0.6 is 0 Å². The van der Waals surface area contributed by atoms with Crippen molar-refractivity contribution in [2.75, 3.05) is 5.32 Å². The molecular formula is C17H23F2N3O2. The Kier molecular flexibility index (Phi) is 4.36. The zero-order valence-corrected chi connectivity index (χ0v) is 14.1. The lowest BCUT2D eigenvalue weighted by atomic mass is 9.95. The molecule has 0 aromatic carbocycles. The molecule has 5 nitrogen and oxygen atoms in total. The van der Waals surface area contributed by atoms with Crippen molar-refractivity contribution in [3.63, 3.8) is 0 Å². The number of carbonyl (C=O) groups is 1. The second-order valence-corrected chi connectivity index (χ2v) is 7.45. The molecular weight excluding hydrogens is 316 g/mol. The average molecular weight is 339 g/mol. The lowest BCUT2D eigenvalue weighted by molar-refractivity contribution is 0.0214. The normalized spacial score (nSPS) is 26.1. The summed E-state index contributed by atoms with van der Waals surface area (Å²) in [6, 6.07) is 3.23. The van der Waals surface area contributed by atoms with Gasteiger partial charge in [-0.3, -0.25) is 0 Å². The molecule has 1 N–H and O–H groups in total. The lowest BCUT2D eigenvalue weighted by Crippen LogP contribution is -2.42. The smallest absolute Gasteiger partial charge is 0.410 e. The maximum Gasteiger partial charge on any atom is 0.410 e. The van der Waals surface area contributed by atoms with Crippen molar-refractivity contribution >= 4 is 11.9 Å². The molecule has 3 rings (SSSR count). The van der Waals surface area contributed by atoms with Crippen molar-refractivity contribution in [1.82, 2.24) is 9.88 Å². The number of nitrogens with zero attached hydrogens (tertiary/aromatic N) is 2. The highest BCUT2D eigenvalue weighted by Crippen LogP contribution is 2.39. The summed E-state index contributed by atoms with van der Waals surface area (Å²) in [5.41, 5.74) is -0.613. The Labute approximate surface area is 140 Å². The van der Waals surface area contributed by atoms with Crippen LogP contribution in [0.4, 0.5) is 19.4 Å². The maximum atomic E-state index is 12.6. The zero-order valence-electron chi connectivity index (χ0n) is 14.1. The van der Waals surface area contributed by atoms with Crippen molar-refractivity contribution in [2.24, 2.45) is 0 Å². The lowest BCUT2D eigenvalue weighted by Gasteiger charge is -2.28. The molecule has 1 aromatic rings. The van der Waals surface area contributed by atoms with Gasteiger partial charge in [0, 0.05) is 17.8 Å². The largest absolute Gasteiger partial charge is 0.444 e. The third kappa shape index (κ3) is 3.44. The molecule has 0 spiro atoms. The van der Waals surface area contributed by atoms with Gasteiger partial charge in [0.05, 0.1) is 12.1 Å². The summed E-state index contributed by atoms with van der Waals surface area (Å²) in [6.07, 6.45) is 1.10. The van der Waals surface area contributed by atoms with E-state index in [1.54, 1.807) is 6.07 Å². The Morgan fingerprint density at radius 1 is 1.38 bits per heavy atom. The summed E-state index contributed by atoms with van der Waals surface area (Å²) in [5, 5.41) is 3.28. The summed E-state index contributed by atoms with van der Waals surface area (Å²) in [6.45, 7) is 5.56. The number of halogens is 2. The molecule has 0 saturated carbocycles. The summed E-state index contributed by atoms with van der Waals surface area (Å²) in [4.78, 5) is 18.3. The van der Waals surface area contributed by atoms with E-state index >= 15 is 0 Å². The molecule has 0 aliphatic carbocycles. The van der Waals surface area contributed by atoms with Crippen LogP contribution in [0.15, 0.2) is 18.3 Å². The molecule has 0 radical (unpaired) electrons. The van der Waals surface area contributed by atoms with Crippen molar-refractivity contribution in [2.45, 2.75) is 70.2 Å². The van der Waals surface area contributed by atoms with Gasteiger partial charge in [-0.25, -0.2) is 18.6 Å². The number of hydrogen-bond donors (Lipinski definition) is 1. The van der Waals surface area contributed by atoms with Crippen molar-refractivity contribution in [3.05, 3.63) is 23.9 Å². The van der Waals surface area contributed by atoms with E-state index in [0.29, 0.717) is 5.82 Å². The Balaban J connectivity index is 1.66. The number of alkyl halides is 2. The van der Waals surface area contributed by atoms with Gasteiger partial charge in [-0.1, -0.05) is 0 Å². The van der Waals surface area contributed by atoms with Crippen LogP contribution in [0.5, 0.6) is 0 Å². The number of rotatable bonds is 3. The van der Waals surface area contributed by atoms with Gasteiger partial charge in [0.15, 0.2) is 0 Å². The first-order valence-electron chi connectivity index (χ1n) is 8.26. The number of amides is 1. The molecule has 3 unspecified atom stereocenters. The van der Waals surface area contributed by atoms with Crippen LogP contribution in [0.25, 0.3) is 0 Å². The van der Waals surface area contributed by atoms with E-state index in [4.69, 9.17) is 4.74 Å². The predicted octanol–water partition coefficient (Wildman–Crippen LogP) is 3.97. The number of nitrogens with one attached hydrogen (secondary N) is 1. The van der Waals surface area contributed by atoms with Crippen LogP contribution in [0.2, 0.25) is 0 Å². The fraction of sp³-hybridized carbons (Fsp3) is 0.647. The molecule has 132 valence electrons. The highest BCUT2D eigenvalue weighted by molar-refractivity contribution is 5.70. The second-order valence-electron chi connectivity index (χ2n) is 7.45. The summed E-state index contributed by atoms with van der Waals surface area (Å²) in [7, 11) is 0. The van der Waals surface area contributed by atoms with E-state index < -0.39 is 12.0 Å². The molecule has 3 atom stereocenters. The number of anilines is 1. The van der Waals surface area contributed by atoms with E-state index in [2.05, 4.69) is 10.3 Å². The number of aromatic nitrogens is 1. The van der Waals surface area contributed by atoms with Gasteiger partial charge in [0.1, 0.15) is 11.4 Å². The maximum absolute atomic E-state index is 12.6. The molecule has 3 heterocycles. The van der Waals surface area contributed by atoms with Crippen LogP contribution < -0.4 is 5.32 Å². The molecule has 24 heavy (non-hydrogen) atoms. The highest BCUT2D eigenvalue weighted by atomic mass is 19.3. The van der Waals surface area contributed by atoms with Crippen LogP contribution in [0.3, 0.4) is 0 Å². The van der Waals surface area contributed by atoms with Crippen molar-refractivity contribution < 1.29 is 18.3 Å². The van der Waals surface area contributed by atoms with Crippen molar-refractivity contribution in [3.8, 4) is 0 Å². The van der Waals surface area contributed by atoms with Crippen LogP contribution in [-0.4, -0.2) is 39.7 Å². The van der Waals surface area contributed by atoms with Gasteiger partial charge >= 0.3 is 6.09 Å². The average Bonchev–Trinajstić information content (AvgIpc) is 3.03. The van der Waals surface area contributed by atoms with Crippen LogP contribution in [0, 0.1) is 0 Å². The first-order valence-corrected chi connectivity index (χ1v) is 8.26. The van der Waals surface area contributed by atoms with E-state index in [1.807, 2.05) is 25.7 Å². The third-order valence-corrected chi connectivity index (χ3v) is 4.51. The summed E-state index contributed by atoms with van der Waals surface area (Å²) in [5.74, 6) is 0.557. The Hall–Kier alpha value is -1.92. The minimum atomic E-state index is -2.52. The second kappa shape index (κ2) is 6.18. The van der Waals surface area contributed by atoms with Crippen LogP contribution in [-0.2, 0) is 4.74 Å². The number of carbonyl (C=O) groups excluding carboxylic acids is 1. The van der Waals surface area contributed by atoms with Gasteiger partial charge in [-0.2, -0.15) is 0 Å². The van der Waals surface area contributed by atoms with E-state index in [9.17, 15) is 13.6 Å². The monoisotopic (exact) mass is 339 g/mol. The number of hydrogen-bond acceptors (Lipinski definition) is 4. The predicted molar refractivity (Wildman–Crippen MR) is 86.1 cm³/mol. The van der Waals surface area contributed by atoms with Gasteiger partial charge in [-0.05, 0) is 52.2 Å². The minimum absolute atomic E-state index is 0.0569. The topological polar surface area (TPSA) is 54.5 Å². The summed E-state index contributed by atoms with van der Waals surface area (Å²) < 4.78 is 30.7. The Morgan fingerprint density at radius 3 is 2.71 bits per heavy atom. The van der Waals surface area contributed by atoms with E-state index in [0.717, 1.165) is 19.3 Å². The Morgan fingerprint density at radius 2 is 2.12 bits per heavy atom. The Bertz CT molecular complexity index is 601. The minimum Gasteiger partial charge on any atom is -0.444 e. The fourth-order valence-electron chi connectivity index (χ4n) is 3.55. The zero-order chi connectivity index (χ0) is 17.5. The number of ether oxygens (including phenoxy) is 1. The molecule has 2 fully saturated rings. The van der Waals surface area contributed by atoms with E-state index in [1.165, 1.54) is 12.3 Å². The third-order valence-electron chi connectivity index (χ3n) is 4.51. The van der Waals surface area contributed by atoms with Gasteiger partial charge in [0.2, 0.25) is 0 Å². The number of fused-ring (bicyclic) bond motifs is 2. The van der Waals surface area contributed by atoms with Gasteiger partial charge in [-0.15, -0.1) is 0 Å². The molecule has 7 heteroatoms. The number of pyridine rings is 1. The molecule has 2 saturated heterocycles. The van der Waals surface area contributed by atoms with E-state index in [-0.39, 0.29) is 29.8 Å². The molecule has 1 amide bonds.